The van der Waals surface area contributed by atoms with Crippen LogP contribution in [0.5, 0.6) is 0 Å². The number of hydrogen-bond acceptors (Lipinski definition) is 2. The van der Waals surface area contributed by atoms with E-state index in [0.29, 0.717) is 12.1 Å². The monoisotopic (exact) mass is 260 g/mol. The highest BCUT2D eigenvalue weighted by Crippen LogP contribution is 2.13. The normalized spacial score (nSPS) is 22.4. The van der Waals surface area contributed by atoms with Crippen LogP contribution in [0.15, 0.2) is 24.3 Å². The summed E-state index contributed by atoms with van der Waals surface area (Å²) in [6, 6.07) is 10.6. The minimum Gasteiger partial charge on any atom is -0.314 e. The lowest BCUT2D eigenvalue weighted by molar-refractivity contribution is 0.400. The molecule has 3 atom stereocenters. The van der Waals surface area contributed by atoms with E-state index in [1.807, 2.05) is 0 Å². The maximum atomic E-state index is 3.74. The van der Waals surface area contributed by atoms with Crippen LogP contribution in [-0.4, -0.2) is 24.7 Å². The predicted molar refractivity (Wildman–Crippen MR) is 82.6 cm³/mol. The van der Waals surface area contributed by atoms with E-state index in [2.05, 4.69) is 55.7 Å². The summed E-state index contributed by atoms with van der Waals surface area (Å²) in [5, 5.41) is 7.32. The van der Waals surface area contributed by atoms with Crippen molar-refractivity contribution in [3.05, 3.63) is 35.4 Å². The highest BCUT2D eigenvalue weighted by Gasteiger charge is 2.18. The van der Waals surface area contributed by atoms with Crippen molar-refractivity contribution in [3.8, 4) is 0 Å². The molecule has 19 heavy (non-hydrogen) atoms. The van der Waals surface area contributed by atoms with Crippen LogP contribution in [0.3, 0.4) is 0 Å². The van der Waals surface area contributed by atoms with Crippen molar-refractivity contribution in [2.75, 3.05) is 6.54 Å². The SMILES string of the molecule is Cc1ccccc1CC(C)NC(C)CC1CCCN1. The van der Waals surface area contributed by atoms with Crippen LogP contribution in [0.25, 0.3) is 0 Å². The molecule has 1 heterocycles. The molecule has 0 radical (unpaired) electrons. The number of benzene rings is 1. The van der Waals surface area contributed by atoms with Gasteiger partial charge in [-0.1, -0.05) is 24.3 Å². The maximum absolute atomic E-state index is 3.74. The van der Waals surface area contributed by atoms with Gasteiger partial charge >= 0.3 is 0 Å². The first-order valence-corrected chi connectivity index (χ1v) is 7.69. The van der Waals surface area contributed by atoms with Crippen LogP contribution in [0.1, 0.15) is 44.2 Å². The Balaban J connectivity index is 1.77. The number of aryl methyl sites for hydroxylation is 1. The van der Waals surface area contributed by atoms with E-state index in [-0.39, 0.29) is 0 Å². The fourth-order valence-electron chi connectivity index (χ4n) is 3.17. The molecule has 0 spiro atoms. The first kappa shape index (κ1) is 14.5. The van der Waals surface area contributed by atoms with Crippen LogP contribution >= 0.6 is 0 Å². The lowest BCUT2D eigenvalue weighted by atomic mass is 10.0. The van der Waals surface area contributed by atoms with Crippen LogP contribution in [-0.2, 0) is 6.42 Å². The third kappa shape index (κ3) is 4.63. The van der Waals surface area contributed by atoms with Gasteiger partial charge in [-0.2, -0.15) is 0 Å². The van der Waals surface area contributed by atoms with Gasteiger partial charge in [0.25, 0.3) is 0 Å². The molecule has 0 saturated carbocycles. The zero-order valence-electron chi connectivity index (χ0n) is 12.6. The summed E-state index contributed by atoms with van der Waals surface area (Å²) >= 11 is 0. The summed E-state index contributed by atoms with van der Waals surface area (Å²) in [7, 11) is 0. The van der Waals surface area contributed by atoms with E-state index in [1.165, 1.54) is 36.9 Å². The molecule has 2 nitrogen and oxygen atoms in total. The highest BCUT2D eigenvalue weighted by molar-refractivity contribution is 5.26. The summed E-state index contributed by atoms with van der Waals surface area (Å²) in [4.78, 5) is 0. The average molecular weight is 260 g/mol. The van der Waals surface area contributed by atoms with Crippen molar-refractivity contribution >= 4 is 0 Å². The predicted octanol–water partition coefficient (Wildman–Crippen LogP) is 3.05. The maximum Gasteiger partial charge on any atom is 0.00822 e. The second-order valence-corrected chi connectivity index (χ2v) is 6.13. The second-order valence-electron chi connectivity index (χ2n) is 6.13. The second kappa shape index (κ2) is 7.06. The van der Waals surface area contributed by atoms with Crippen LogP contribution in [0, 0.1) is 6.92 Å². The Hall–Kier alpha value is -0.860. The molecule has 1 aliphatic heterocycles. The van der Waals surface area contributed by atoms with Crippen molar-refractivity contribution in [2.24, 2.45) is 0 Å². The van der Waals surface area contributed by atoms with Gasteiger partial charge in [0, 0.05) is 18.1 Å². The van der Waals surface area contributed by atoms with Crippen LogP contribution in [0.2, 0.25) is 0 Å². The molecule has 0 bridgehead atoms. The first-order chi connectivity index (χ1) is 9.15. The summed E-state index contributed by atoms with van der Waals surface area (Å²) in [5.74, 6) is 0. The molecular formula is C17H28N2. The van der Waals surface area contributed by atoms with E-state index < -0.39 is 0 Å². The van der Waals surface area contributed by atoms with Gasteiger partial charge in [-0.15, -0.1) is 0 Å². The molecular weight excluding hydrogens is 232 g/mol. The van der Waals surface area contributed by atoms with E-state index in [9.17, 15) is 0 Å². The molecule has 0 aromatic heterocycles. The molecule has 0 aliphatic carbocycles. The van der Waals surface area contributed by atoms with Gasteiger partial charge in [0.1, 0.15) is 0 Å². The first-order valence-electron chi connectivity index (χ1n) is 7.69. The Kier molecular flexibility index (Phi) is 5.41. The Bertz CT molecular complexity index is 383. The lowest BCUT2D eigenvalue weighted by Gasteiger charge is -2.23. The summed E-state index contributed by atoms with van der Waals surface area (Å²) in [6.07, 6.45) is 5.06. The summed E-state index contributed by atoms with van der Waals surface area (Å²) < 4.78 is 0. The van der Waals surface area contributed by atoms with Crippen LogP contribution < -0.4 is 10.6 Å². The summed E-state index contributed by atoms with van der Waals surface area (Å²) in [5.41, 5.74) is 2.87. The third-order valence-corrected chi connectivity index (χ3v) is 4.16. The van der Waals surface area contributed by atoms with Gasteiger partial charge < -0.3 is 10.6 Å². The zero-order chi connectivity index (χ0) is 13.7. The van der Waals surface area contributed by atoms with Gasteiger partial charge in [0.2, 0.25) is 0 Å². The Morgan fingerprint density at radius 2 is 2.05 bits per heavy atom. The van der Waals surface area contributed by atoms with Gasteiger partial charge in [0.15, 0.2) is 0 Å². The number of hydrogen-bond donors (Lipinski definition) is 2. The molecule has 2 N–H and O–H groups in total. The van der Waals surface area contributed by atoms with Gasteiger partial charge in [-0.3, -0.25) is 0 Å². The van der Waals surface area contributed by atoms with Crippen molar-refractivity contribution in [2.45, 2.75) is 64.6 Å². The van der Waals surface area contributed by atoms with Crippen molar-refractivity contribution in [1.29, 1.82) is 0 Å². The minimum atomic E-state index is 0.539. The molecule has 1 aliphatic rings. The molecule has 1 saturated heterocycles. The third-order valence-electron chi connectivity index (χ3n) is 4.16. The molecule has 1 aromatic carbocycles. The Morgan fingerprint density at radius 3 is 2.74 bits per heavy atom. The fourth-order valence-corrected chi connectivity index (χ4v) is 3.17. The van der Waals surface area contributed by atoms with Crippen molar-refractivity contribution < 1.29 is 0 Å². The minimum absolute atomic E-state index is 0.539. The highest BCUT2D eigenvalue weighted by atomic mass is 15.0. The standard InChI is InChI=1S/C17H28N2/c1-13-7-4-5-8-16(13)11-14(2)19-15(3)12-17-9-6-10-18-17/h4-5,7-8,14-15,17-19H,6,9-12H2,1-3H3. The fraction of sp³-hybridized carbons (Fsp3) is 0.647. The van der Waals surface area contributed by atoms with E-state index in [4.69, 9.17) is 0 Å². The smallest absolute Gasteiger partial charge is 0.00822 e. The van der Waals surface area contributed by atoms with Crippen molar-refractivity contribution in [1.82, 2.24) is 10.6 Å². The lowest BCUT2D eigenvalue weighted by Crippen LogP contribution is -2.39. The molecule has 2 rings (SSSR count). The van der Waals surface area contributed by atoms with Gasteiger partial charge in [-0.05, 0) is 64.1 Å². The topological polar surface area (TPSA) is 24.1 Å². The van der Waals surface area contributed by atoms with Gasteiger partial charge in [-0.25, -0.2) is 0 Å². The molecule has 2 heteroatoms. The zero-order valence-corrected chi connectivity index (χ0v) is 12.6. The number of nitrogens with one attached hydrogen (secondary N) is 2. The average Bonchev–Trinajstić information content (AvgIpc) is 2.84. The van der Waals surface area contributed by atoms with E-state index >= 15 is 0 Å². The molecule has 1 fully saturated rings. The summed E-state index contributed by atoms with van der Waals surface area (Å²) in [6.45, 7) is 8.02. The van der Waals surface area contributed by atoms with Gasteiger partial charge in [0.05, 0.1) is 0 Å². The van der Waals surface area contributed by atoms with E-state index in [0.717, 1.165) is 12.5 Å². The quantitative estimate of drug-likeness (QED) is 0.821. The largest absolute Gasteiger partial charge is 0.314 e. The van der Waals surface area contributed by atoms with E-state index in [1.54, 1.807) is 0 Å². The molecule has 106 valence electrons. The molecule has 3 unspecified atom stereocenters. The molecule has 1 aromatic rings. The Morgan fingerprint density at radius 1 is 1.26 bits per heavy atom. The number of rotatable bonds is 6. The van der Waals surface area contributed by atoms with Crippen LogP contribution in [0.4, 0.5) is 0 Å². The Labute approximate surface area is 118 Å². The van der Waals surface area contributed by atoms with Crippen molar-refractivity contribution in [3.63, 3.8) is 0 Å². The molecule has 0 amide bonds.